The lowest BCUT2D eigenvalue weighted by Crippen LogP contribution is -2.11. The molecule has 0 aliphatic heterocycles. The van der Waals surface area contributed by atoms with Crippen LogP contribution >= 0.6 is 23.4 Å². The van der Waals surface area contributed by atoms with Crippen molar-refractivity contribution in [2.45, 2.75) is 16.8 Å². The number of hydrogen-bond acceptors (Lipinski definition) is 4. The van der Waals surface area contributed by atoms with Gasteiger partial charge in [0.05, 0.1) is 21.6 Å². The number of aryl methyl sites for hydroxylation is 1. The highest BCUT2D eigenvalue weighted by molar-refractivity contribution is 7.99. The molecule has 0 aliphatic rings. The smallest absolute Gasteiger partial charge is 0.263 e. The summed E-state index contributed by atoms with van der Waals surface area (Å²) in [6.45, 7) is 1.91. The molecule has 0 fully saturated rings. The molecule has 0 saturated heterocycles. The number of benzene rings is 3. The Hall–Kier alpha value is -3.15. The number of H-pyrrole nitrogens is 1. The van der Waals surface area contributed by atoms with E-state index in [-0.39, 0.29) is 5.56 Å². The van der Waals surface area contributed by atoms with E-state index in [1.165, 1.54) is 11.8 Å². The predicted molar refractivity (Wildman–Crippen MR) is 123 cm³/mol. The summed E-state index contributed by atoms with van der Waals surface area (Å²) in [4.78, 5) is 26.1. The maximum atomic E-state index is 13.1. The average molecular weight is 430 g/mol. The molecule has 0 spiro atoms. The molecule has 4 nitrogen and oxygen atoms in total. The fraction of sp³-hybridized carbons (Fsp3) is 0.0417. The lowest BCUT2D eigenvalue weighted by atomic mass is 10.0. The van der Waals surface area contributed by atoms with Gasteiger partial charge in [0.25, 0.3) is 5.56 Å². The third kappa shape index (κ3) is 3.36. The molecule has 5 aromatic rings. The number of aromatic nitrogens is 3. The molecule has 0 aliphatic carbocycles. The highest BCUT2D eigenvalue weighted by Crippen LogP contribution is 2.38. The van der Waals surface area contributed by atoms with E-state index in [0.29, 0.717) is 14.9 Å². The van der Waals surface area contributed by atoms with Gasteiger partial charge in [0.1, 0.15) is 5.03 Å². The number of hydrogen-bond donors (Lipinski definition) is 1. The summed E-state index contributed by atoms with van der Waals surface area (Å²) in [5.74, 6) is 0. The van der Waals surface area contributed by atoms with Crippen molar-refractivity contribution in [1.29, 1.82) is 0 Å². The molecule has 0 amide bonds. The standard InChI is InChI=1S/C24H16ClN3OS/c1-14-24(28-20-10-6-5-9-19(20)26-14)30-22-21(15-7-3-2-4-8-15)17-13-16(25)11-12-18(17)27-23(22)29/h2-13H,1H3,(H,27,29). The van der Waals surface area contributed by atoms with Crippen molar-refractivity contribution in [3.8, 4) is 11.1 Å². The van der Waals surface area contributed by atoms with Crippen LogP contribution in [0.1, 0.15) is 5.69 Å². The summed E-state index contributed by atoms with van der Waals surface area (Å²) < 4.78 is 0. The summed E-state index contributed by atoms with van der Waals surface area (Å²) in [6, 6.07) is 23.1. The van der Waals surface area contributed by atoms with Crippen LogP contribution < -0.4 is 5.56 Å². The molecular weight excluding hydrogens is 414 g/mol. The van der Waals surface area contributed by atoms with Gasteiger partial charge in [0.2, 0.25) is 0 Å². The molecule has 0 saturated carbocycles. The summed E-state index contributed by atoms with van der Waals surface area (Å²) in [7, 11) is 0. The largest absolute Gasteiger partial charge is 0.321 e. The Morgan fingerprint density at radius 3 is 2.37 bits per heavy atom. The number of rotatable bonds is 3. The summed E-state index contributed by atoms with van der Waals surface area (Å²) >= 11 is 7.64. The van der Waals surface area contributed by atoms with Crippen LogP contribution in [-0.2, 0) is 0 Å². The Kier molecular flexibility index (Phi) is 4.77. The SMILES string of the molecule is Cc1nc2ccccc2nc1Sc1c(-c2ccccc2)c2cc(Cl)ccc2[nH]c1=O. The lowest BCUT2D eigenvalue weighted by Gasteiger charge is -2.13. The van der Waals surface area contributed by atoms with Gasteiger partial charge in [-0.2, -0.15) is 0 Å². The van der Waals surface area contributed by atoms with E-state index in [4.69, 9.17) is 16.6 Å². The quantitative estimate of drug-likeness (QED) is 0.368. The first-order valence-corrected chi connectivity index (χ1v) is 10.6. The molecule has 6 heteroatoms. The predicted octanol–water partition coefficient (Wildman–Crippen LogP) is 6.25. The molecule has 0 unspecified atom stereocenters. The van der Waals surface area contributed by atoms with Gasteiger partial charge in [-0.1, -0.05) is 65.8 Å². The molecule has 5 rings (SSSR count). The highest BCUT2D eigenvalue weighted by atomic mass is 35.5. The minimum atomic E-state index is -0.164. The van der Waals surface area contributed by atoms with Gasteiger partial charge in [0, 0.05) is 21.5 Å². The number of para-hydroxylation sites is 2. The number of nitrogens with zero attached hydrogens (tertiary/aromatic N) is 2. The van der Waals surface area contributed by atoms with Crippen molar-refractivity contribution >= 4 is 45.3 Å². The van der Waals surface area contributed by atoms with E-state index in [0.717, 1.165) is 38.8 Å². The second-order valence-electron chi connectivity index (χ2n) is 6.92. The van der Waals surface area contributed by atoms with E-state index >= 15 is 0 Å². The maximum Gasteiger partial charge on any atom is 0.263 e. The van der Waals surface area contributed by atoms with E-state index < -0.39 is 0 Å². The highest BCUT2D eigenvalue weighted by Gasteiger charge is 2.18. The van der Waals surface area contributed by atoms with Crippen molar-refractivity contribution in [3.05, 3.63) is 93.9 Å². The third-order valence-electron chi connectivity index (χ3n) is 4.90. The van der Waals surface area contributed by atoms with Crippen molar-refractivity contribution in [2.24, 2.45) is 0 Å². The normalized spacial score (nSPS) is 11.3. The first kappa shape index (κ1) is 18.9. The van der Waals surface area contributed by atoms with Crippen LogP contribution in [0.15, 0.2) is 87.5 Å². The van der Waals surface area contributed by atoms with Crippen LogP contribution in [0.25, 0.3) is 33.1 Å². The zero-order valence-electron chi connectivity index (χ0n) is 16.0. The average Bonchev–Trinajstić information content (AvgIpc) is 2.75. The Morgan fingerprint density at radius 1 is 0.900 bits per heavy atom. The molecule has 30 heavy (non-hydrogen) atoms. The number of aromatic amines is 1. The lowest BCUT2D eigenvalue weighted by molar-refractivity contribution is 1.04. The molecule has 2 aromatic heterocycles. The number of fused-ring (bicyclic) bond motifs is 2. The van der Waals surface area contributed by atoms with E-state index in [1.807, 2.05) is 73.7 Å². The fourth-order valence-corrected chi connectivity index (χ4v) is 4.68. The molecule has 146 valence electrons. The number of halogens is 1. The molecule has 3 aromatic carbocycles. The second kappa shape index (κ2) is 7.59. The maximum absolute atomic E-state index is 13.1. The topological polar surface area (TPSA) is 58.6 Å². The summed E-state index contributed by atoms with van der Waals surface area (Å²) in [5.41, 5.74) is 4.79. The van der Waals surface area contributed by atoms with Crippen molar-refractivity contribution in [1.82, 2.24) is 15.0 Å². The summed E-state index contributed by atoms with van der Waals surface area (Å²) in [6.07, 6.45) is 0. The molecule has 0 bridgehead atoms. The summed E-state index contributed by atoms with van der Waals surface area (Å²) in [5, 5.41) is 2.21. The van der Waals surface area contributed by atoms with Crippen molar-refractivity contribution in [2.75, 3.05) is 0 Å². The van der Waals surface area contributed by atoms with Crippen molar-refractivity contribution < 1.29 is 0 Å². The monoisotopic (exact) mass is 429 g/mol. The number of nitrogens with one attached hydrogen (secondary N) is 1. The minimum absolute atomic E-state index is 0.164. The van der Waals surface area contributed by atoms with Gasteiger partial charge in [0.15, 0.2) is 0 Å². The van der Waals surface area contributed by atoms with Crippen LogP contribution in [0.4, 0.5) is 0 Å². The van der Waals surface area contributed by atoms with Gasteiger partial charge < -0.3 is 4.98 Å². The second-order valence-corrected chi connectivity index (χ2v) is 8.35. The van der Waals surface area contributed by atoms with Gasteiger partial charge in [-0.05, 0) is 42.8 Å². The zero-order chi connectivity index (χ0) is 20.7. The Balaban J connectivity index is 1.78. The van der Waals surface area contributed by atoms with Crippen LogP contribution in [0, 0.1) is 6.92 Å². The van der Waals surface area contributed by atoms with Crippen molar-refractivity contribution in [3.63, 3.8) is 0 Å². The van der Waals surface area contributed by atoms with Gasteiger partial charge in [-0.3, -0.25) is 4.79 Å². The fourth-order valence-electron chi connectivity index (χ4n) is 3.50. The van der Waals surface area contributed by atoms with Crippen LogP contribution in [0.5, 0.6) is 0 Å². The molecule has 2 heterocycles. The first-order chi connectivity index (χ1) is 14.6. The van der Waals surface area contributed by atoms with E-state index in [9.17, 15) is 4.79 Å². The minimum Gasteiger partial charge on any atom is -0.321 e. The van der Waals surface area contributed by atoms with Gasteiger partial charge in [-0.15, -0.1) is 0 Å². The van der Waals surface area contributed by atoms with Crippen LogP contribution in [-0.4, -0.2) is 15.0 Å². The Bertz CT molecular complexity index is 1460. The molecular formula is C24H16ClN3OS. The first-order valence-electron chi connectivity index (χ1n) is 9.42. The van der Waals surface area contributed by atoms with E-state index in [2.05, 4.69) is 9.97 Å². The van der Waals surface area contributed by atoms with E-state index in [1.54, 1.807) is 6.07 Å². The van der Waals surface area contributed by atoms with Crippen LogP contribution in [0.2, 0.25) is 5.02 Å². The molecule has 0 atom stereocenters. The zero-order valence-corrected chi connectivity index (χ0v) is 17.6. The molecule has 1 N–H and O–H groups in total. The number of pyridine rings is 1. The van der Waals surface area contributed by atoms with Gasteiger partial charge in [-0.25, -0.2) is 9.97 Å². The molecule has 0 radical (unpaired) electrons. The van der Waals surface area contributed by atoms with Gasteiger partial charge >= 0.3 is 0 Å². The third-order valence-corrected chi connectivity index (χ3v) is 6.30. The van der Waals surface area contributed by atoms with Crippen LogP contribution in [0.3, 0.4) is 0 Å². The Morgan fingerprint density at radius 2 is 1.60 bits per heavy atom. The Labute approximate surface area is 182 Å².